The first-order valence-electron chi connectivity index (χ1n) is 15.1. The van der Waals surface area contributed by atoms with Crippen LogP contribution >= 0.6 is 0 Å². The van der Waals surface area contributed by atoms with Crippen LogP contribution in [0.2, 0.25) is 0 Å². The molecule has 0 saturated carbocycles. The van der Waals surface area contributed by atoms with E-state index in [2.05, 4.69) is 28.9 Å². The average molecular weight is 573 g/mol. The molecule has 0 spiro atoms. The van der Waals surface area contributed by atoms with Crippen LogP contribution in [-0.4, -0.2) is 68.2 Å². The zero-order chi connectivity index (χ0) is 29.6. The number of hydrogen-bond acceptors (Lipinski definition) is 6. The summed E-state index contributed by atoms with van der Waals surface area (Å²) in [7, 11) is 2.88. The van der Waals surface area contributed by atoms with Gasteiger partial charge in [-0.2, -0.15) is 0 Å². The Morgan fingerprint density at radius 2 is 1.71 bits per heavy atom. The summed E-state index contributed by atoms with van der Waals surface area (Å²) in [5.74, 6) is -2.38. The van der Waals surface area contributed by atoms with E-state index in [1.807, 2.05) is 19.1 Å². The quantitative estimate of drug-likeness (QED) is 0.250. The Morgan fingerprint density at radius 1 is 0.976 bits per heavy atom. The molecule has 4 rings (SSSR count). The second-order valence-electron chi connectivity index (χ2n) is 12.2. The molecule has 2 fully saturated rings. The van der Waals surface area contributed by atoms with Crippen molar-refractivity contribution in [3.05, 3.63) is 59.7 Å². The van der Waals surface area contributed by atoms with Crippen LogP contribution in [-0.2, 0) is 19.1 Å². The number of benzene rings is 1. The molecule has 3 aliphatic rings. The Hall–Kier alpha value is -2.58. The van der Waals surface area contributed by atoms with Gasteiger partial charge in [0.1, 0.15) is 0 Å². The average Bonchev–Trinajstić information content (AvgIpc) is 2.99. The van der Waals surface area contributed by atoms with Gasteiger partial charge in [-0.15, -0.1) is 0 Å². The Labute approximate surface area is 243 Å². The lowest BCUT2D eigenvalue weighted by atomic mass is 9.66. The number of halogens is 2. The van der Waals surface area contributed by atoms with Crippen molar-refractivity contribution >= 4 is 11.9 Å². The van der Waals surface area contributed by atoms with E-state index in [1.54, 1.807) is 6.07 Å². The second kappa shape index (κ2) is 14.1. The lowest BCUT2D eigenvalue weighted by molar-refractivity contribution is -0.159. The van der Waals surface area contributed by atoms with Gasteiger partial charge in [0, 0.05) is 12.1 Å². The minimum absolute atomic E-state index is 0.0585. The highest BCUT2D eigenvalue weighted by atomic mass is 19.2. The highest BCUT2D eigenvalue weighted by Crippen LogP contribution is 2.45. The molecule has 0 N–H and O–H groups in total. The van der Waals surface area contributed by atoms with Gasteiger partial charge in [-0.3, -0.25) is 14.5 Å². The number of allylic oxidation sites excluding steroid dienone is 4. The highest BCUT2D eigenvalue weighted by molar-refractivity contribution is 5.78. The van der Waals surface area contributed by atoms with E-state index in [9.17, 15) is 18.4 Å². The number of unbranched alkanes of at least 4 members (excludes halogenated alkanes) is 2. The van der Waals surface area contributed by atoms with E-state index in [-0.39, 0.29) is 35.9 Å². The van der Waals surface area contributed by atoms with Gasteiger partial charge in [0.2, 0.25) is 0 Å². The molecule has 1 aromatic rings. The molecule has 226 valence electrons. The topological polar surface area (TPSA) is 59.1 Å². The van der Waals surface area contributed by atoms with Crippen LogP contribution in [0.4, 0.5) is 8.78 Å². The van der Waals surface area contributed by atoms with E-state index >= 15 is 0 Å². The van der Waals surface area contributed by atoms with Crippen molar-refractivity contribution < 1.29 is 27.8 Å². The minimum atomic E-state index is -0.898. The van der Waals surface area contributed by atoms with Crippen LogP contribution < -0.4 is 0 Å². The number of esters is 2. The predicted molar refractivity (Wildman–Crippen MR) is 155 cm³/mol. The third kappa shape index (κ3) is 6.91. The number of carbonyl (C=O) groups excluding carboxylic acids is 2. The Morgan fingerprint density at radius 3 is 2.34 bits per heavy atom. The van der Waals surface area contributed by atoms with Crippen molar-refractivity contribution in [3.8, 4) is 0 Å². The van der Waals surface area contributed by atoms with Crippen molar-refractivity contribution in [2.75, 3.05) is 40.4 Å². The first-order chi connectivity index (χ1) is 19.7. The third-order valence-electron chi connectivity index (χ3n) is 9.77. The number of piperidine rings is 2. The first kappa shape index (κ1) is 31.4. The van der Waals surface area contributed by atoms with Gasteiger partial charge in [-0.1, -0.05) is 43.7 Å². The van der Waals surface area contributed by atoms with Gasteiger partial charge in [0.05, 0.1) is 25.6 Å². The smallest absolute Gasteiger partial charge is 0.312 e. The predicted octanol–water partition coefficient (Wildman–Crippen LogP) is 6.08. The minimum Gasteiger partial charge on any atom is -0.469 e. The molecule has 1 aromatic carbocycles. The summed E-state index contributed by atoms with van der Waals surface area (Å²) in [6.07, 6.45) is 14.7. The van der Waals surface area contributed by atoms with Gasteiger partial charge in [-0.25, -0.2) is 8.78 Å². The van der Waals surface area contributed by atoms with Crippen molar-refractivity contribution in [2.45, 2.75) is 70.9 Å². The molecule has 2 saturated heterocycles. The first-order valence-corrected chi connectivity index (χ1v) is 15.1. The molecule has 2 heterocycles. The van der Waals surface area contributed by atoms with Crippen LogP contribution in [0.3, 0.4) is 0 Å². The molecule has 0 radical (unpaired) electrons. The Kier molecular flexibility index (Phi) is 10.8. The SMILES string of the molecule is COC(=O)C1C(C)CC(C)N(CCCCCN2CCC(C(=O)OC)(C3C=CC=CC3)CC2)C1c1ccc(F)c(F)c1. The van der Waals surface area contributed by atoms with E-state index in [0.717, 1.165) is 77.2 Å². The maximum Gasteiger partial charge on any atom is 0.312 e. The Balaban J connectivity index is 1.33. The summed E-state index contributed by atoms with van der Waals surface area (Å²) in [6, 6.07) is 3.81. The molecule has 5 unspecified atom stereocenters. The Bertz CT molecular complexity index is 1110. The molecular weight excluding hydrogens is 526 g/mol. The molecule has 41 heavy (non-hydrogen) atoms. The van der Waals surface area contributed by atoms with Crippen molar-refractivity contribution in [3.63, 3.8) is 0 Å². The number of likely N-dealkylation sites (tertiary alicyclic amines) is 2. The molecule has 6 nitrogen and oxygen atoms in total. The number of rotatable bonds is 10. The van der Waals surface area contributed by atoms with E-state index in [4.69, 9.17) is 9.47 Å². The van der Waals surface area contributed by atoms with Gasteiger partial charge >= 0.3 is 11.9 Å². The molecule has 0 bridgehead atoms. The summed E-state index contributed by atoms with van der Waals surface area (Å²) >= 11 is 0. The van der Waals surface area contributed by atoms with Gasteiger partial charge in [0.15, 0.2) is 11.6 Å². The molecule has 5 atom stereocenters. The number of nitrogens with zero attached hydrogens (tertiary/aromatic N) is 2. The van der Waals surface area contributed by atoms with Crippen molar-refractivity contribution in [1.82, 2.24) is 9.80 Å². The highest BCUT2D eigenvalue weighted by Gasteiger charge is 2.47. The van der Waals surface area contributed by atoms with E-state index in [0.29, 0.717) is 5.56 Å². The maximum atomic E-state index is 14.3. The summed E-state index contributed by atoms with van der Waals surface area (Å²) in [6.45, 7) is 7.68. The molecule has 0 aromatic heterocycles. The number of ether oxygens (including phenoxy) is 2. The second-order valence-corrected chi connectivity index (χ2v) is 12.2. The summed E-state index contributed by atoms with van der Waals surface area (Å²) in [4.78, 5) is 30.5. The zero-order valence-corrected chi connectivity index (χ0v) is 25.0. The molecule has 0 amide bonds. The molecule has 8 heteroatoms. The van der Waals surface area contributed by atoms with Gasteiger partial charge in [-0.05, 0) is 101 Å². The largest absolute Gasteiger partial charge is 0.469 e. The van der Waals surface area contributed by atoms with Gasteiger partial charge in [0.25, 0.3) is 0 Å². The van der Waals surface area contributed by atoms with Crippen LogP contribution in [0.5, 0.6) is 0 Å². The van der Waals surface area contributed by atoms with Crippen LogP contribution in [0, 0.1) is 34.8 Å². The van der Waals surface area contributed by atoms with Crippen LogP contribution in [0.25, 0.3) is 0 Å². The number of methoxy groups -OCH3 is 2. The standard InChI is InChI=1S/C33H46F2N2O4/c1-23-21-24(2)37(30(29(23)31(38)40-3)25-13-14-27(34)28(35)22-25)18-10-6-9-17-36-19-15-33(16-20-36,32(39)41-4)26-11-7-5-8-12-26/h5,7-8,11,13-14,22-24,26,29-30H,6,9-10,12,15-21H2,1-4H3. The number of carbonyl (C=O) groups is 2. The molecule has 1 aliphatic carbocycles. The normalized spacial score (nSPS) is 28.4. The fourth-order valence-electron chi connectivity index (χ4n) is 7.47. The van der Waals surface area contributed by atoms with Crippen LogP contribution in [0.1, 0.15) is 70.4 Å². The van der Waals surface area contributed by atoms with Crippen LogP contribution in [0.15, 0.2) is 42.5 Å². The number of hydrogen-bond donors (Lipinski definition) is 0. The molecular formula is C33H46F2N2O4. The fourth-order valence-corrected chi connectivity index (χ4v) is 7.47. The van der Waals surface area contributed by atoms with E-state index < -0.39 is 23.0 Å². The molecule has 2 aliphatic heterocycles. The lowest BCUT2D eigenvalue weighted by Gasteiger charge is -2.47. The van der Waals surface area contributed by atoms with Crippen molar-refractivity contribution in [1.29, 1.82) is 0 Å². The third-order valence-corrected chi connectivity index (χ3v) is 9.77. The lowest BCUT2D eigenvalue weighted by Crippen LogP contribution is -2.50. The fraction of sp³-hybridized carbons (Fsp3) is 0.636. The summed E-state index contributed by atoms with van der Waals surface area (Å²) < 4.78 is 38.4. The summed E-state index contributed by atoms with van der Waals surface area (Å²) in [5.41, 5.74) is 0.169. The zero-order valence-electron chi connectivity index (χ0n) is 25.0. The maximum absolute atomic E-state index is 14.3. The van der Waals surface area contributed by atoms with E-state index in [1.165, 1.54) is 20.3 Å². The summed E-state index contributed by atoms with van der Waals surface area (Å²) in [5, 5.41) is 0. The van der Waals surface area contributed by atoms with Gasteiger partial charge < -0.3 is 14.4 Å². The monoisotopic (exact) mass is 572 g/mol. The van der Waals surface area contributed by atoms with Crippen molar-refractivity contribution in [2.24, 2.45) is 23.2 Å².